The van der Waals surface area contributed by atoms with Gasteiger partial charge in [0.15, 0.2) is 0 Å². The lowest BCUT2D eigenvalue weighted by Gasteiger charge is -2.33. The third-order valence-corrected chi connectivity index (χ3v) is 5.31. The zero-order valence-corrected chi connectivity index (χ0v) is 17.3. The summed E-state index contributed by atoms with van der Waals surface area (Å²) in [6, 6.07) is 16.7. The average Bonchev–Trinajstić information content (AvgIpc) is 3.24. The minimum absolute atomic E-state index is 0.584. The molecule has 0 aliphatic carbocycles. The van der Waals surface area contributed by atoms with E-state index in [1.807, 2.05) is 36.4 Å². The highest BCUT2D eigenvalue weighted by Gasteiger charge is 2.19. The first-order valence-corrected chi connectivity index (χ1v) is 10.2. The van der Waals surface area contributed by atoms with Crippen molar-refractivity contribution in [2.45, 2.75) is 6.54 Å². The van der Waals surface area contributed by atoms with Crippen molar-refractivity contribution >= 4 is 11.6 Å². The van der Waals surface area contributed by atoms with Crippen molar-refractivity contribution in [1.82, 2.24) is 19.9 Å². The van der Waals surface area contributed by atoms with Crippen molar-refractivity contribution in [1.29, 1.82) is 5.26 Å². The van der Waals surface area contributed by atoms with Crippen LogP contribution < -0.4 is 4.74 Å². The number of aromatic nitrogens is 2. The van der Waals surface area contributed by atoms with Gasteiger partial charge in [-0.05, 0) is 48.5 Å². The quantitative estimate of drug-likeness (QED) is 0.575. The monoisotopic (exact) mass is 423 g/mol. The molecule has 0 bridgehead atoms. The molecule has 0 N–H and O–H groups in total. The summed E-state index contributed by atoms with van der Waals surface area (Å²) >= 11 is 5.93. The van der Waals surface area contributed by atoms with Crippen LogP contribution in [0.3, 0.4) is 0 Å². The molecule has 1 saturated heterocycles. The van der Waals surface area contributed by atoms with Gasteiger partial charge in [0.25, 0.3) is 0 Å². The predicted molar refractivity (Wildman–Crippen MR) is 113 cm³/mol. The number of nitrogens with zero attached hydrogens (tertiary/aromatic N) is 5. The van der Waals surface area contributed by atoms with Crippen LogP contribution in [0.1, 0.15) is 11.5 Å². The second kappa shape index (κ2) is 9.72. The summed E-state index contributed by atoms with van der Waals surface area (Å²) in [5, 5.41) is 13.6. The van der Waals surface area contributed by atoms with E-state index in [0.29, 0.717) is 35.5 Å². The van der Waals surface area contributed by atoms with Crippen LogP contribution in [0.25, 0.3) is 11.4 Å². The highest BCUT2D eigenvalue weighted by molar-refractivity contribution is 6.30. The maximum absolute atomic E-state index is 8.83. The smallest absolute Gasteiger partial charge is 0.241 e. The molecule has 30 heavy (non-hydrogen) atoms. The predicted octanol–water partition coefficient (Wildman–Crippen LogP) is 3.46. The van der Waals surface area contributed by atoms with Crippen LogP contribution in [0.4, 0.5) is 0 Å². The molecule has 0 spiro atoms. The molecule has 2 aromatic carbocycles. The second-order valence-electron chi connectivity index (χ2n) is 7.12. The maximum atomic E-state index is 8.83. The Labute approximate surface area is 180 Å². The lowest BCUT2D eigenvalue weighted by Crippen LogP contribution is -2.47. The van der Waals surface area contributed by atoms with Crippen molar-refractivity contribution in [3.63, 3.8) is 0 Å². The van der Waals surface area contributed by atoms with Crippen LogP contribution in [-0.4, -0.2) is 59.3 Å². The molecule has 0 unspecified atom stereocenters. The van der Waals surface area contributed by atoms with Gasteiger partial charge < -0.3 is 9.26 Å². The molecule has 154 valence electrons. The third kappa shape index (κ3) is 5.36. The number of ether oxygens (including phenoxy) is 1. The molecule has 0 saturated carbocycles. The normalized spacial score (nSPS) is 15.1. The zero-order valence-electron chi connectivity index (χ0n) is 16.5. The van der Waals surface area contributed by atoms with Crippen LogP contribution in [-0.2, 0) is 6.54 Å². The van der Waals surface area contributed by atoms with Gasteiger partial charge >= 0.3 is 0 Å². The molecule has 7 nitrogen and oxygen atoms in total. The second-order valence-corrected chi connectivity index (χ2v) is 7.56. The number of nitriles is 1. The summed E-state index contributed by atoms with van der Waals surface area (Å²) in [4.78, 5) is 9.20. The van der Waals surface area contributed by atoms with Gasteiger partial charge in [-0.15, -0.1) is 0 Å². The highest BCUT2D eigenvalue weighted by atomic mass is 35.5. The van der Waals surface area contributed by atoms with Crippen molar-refractivity contribution in [3.8, 4) is 23.2 Å². The average molecular weight is 424 g/mol. The molecule has 3 aromatic rings. The largest absolute Gasteiger partial charge is 0.492 e. The van der Waals surface area contributed by atoms with Crippen LogP contribution in [0.2, 0.25) is 5.02 Å². The summed E-state index contributed by atoms with van der Waals surface area (Å²) in [5.41, 5.74) is 1.53. The first-order valence-electron chi connectivity index (χ1n) is 9.86. The summed E-state index contributed by atoms with van der Waals surface area (Å²) < 4.78 is 11.2. The van der Waals surface area contributed by atoms with Crippen LogP contribution in [0.15, 0.2) is 53.1 Å². The van der Waals surface area contributed by atoms with Gasteiger partial charge in [0.05, 0.1) is 18.2 Å². The SMILES string of the molecule is N#Cc1ccc(OCCN2CCN(Cc3nc(-c4ccc(Cl)cc4)no3)CC2)cc1. The van der Waals surface area contributed by atoms with Gasteiger partial charge in [-0.2, -0.15) is 10.2 Å². The molecule has 2 heterocycles. The number of halogens is 1. The first kappa shape index (κ1) is 20.4. The van der Waals surface area contributed by atoms with E-state index in [1.54, 1.807) is 12.1 Å². The Morgan fingerprint density at radius 3 is 2.40 bits per heavy atom. The summed E-state index contributed by atoms with van der Waals surface area (Å²) in [6.07, 6.45) is 0. The number of rotatable bonds is 7. The van der Waals surface area contributed by atoms with Gasteiger partial charge in [-0.25, -0.2) is 0 Å². The molecule has 1 aromatic heterocycles. The molecule has 8 heteroatoms. The van der Waals surface area contributed by atoms with Crippen LogP contribution >= 0.6 is 11.6 Å². The van der Waals surface area contributed by atoms with Gasteiger partial charge in [-0.1, -0.05) is 16.8 Å². The van der Waals surface area contributed by atoms with E-state index in [2.05, 4.69) is 26.0 Å². The minimum Gasteiger partial charge on any atom is -0.492 e. The van der Waals surface area contributed by atoms with Gasteiger partial charge in [0.2, 0.25) is 11.7 Å². The lowest BCUT2D eigenvalue weighted by atomic mass is 10.2. The number of benzene rings is 2. The Bertz CT molecular complexity index is 990. The van der Waals surface area contributed by atoms with Crippen molar-refractivity contribution < 1.29 is 9.26 Å². The van der Waals surface area contributed by atoms with E-state index in [4.69, 9.17) is 26.1 Å². The third-order valence-electron chi connectivity index (χ3n) is 5.05. The summed E-state index contributed by atoms with van der Waals surface area (Å²) in [5.74, 6) is 2.00. The fourth-order valence-corrected chi connectivity index (χ4v) is 3.44. The van der Waals surface area contributed by atoms with E-state index in [1.165, 1.54) is 0 Å². The molecule has 1 aliphatic rings. The Morgan fingerprint density at radius 1 is 1.00 bits per heavy atom. The van der Waals surface area contributed by atoms with Crippen molar-refractivity contribution in [2.24, 2.45) is 0 Å². The molecular formula is C22H22ClN5O2. The zero-order chi connectivity index (χ0) is 20.8. The topological polar surface area (TPSA) is 78.4 Å². The Hall–Kier alpha value is -2.92. The van der Waals surface area contributed by atoms with Crippen molar-refractivity contribution in [2.75, 3.05) is 39.3 Å². The van der Waals surface area contributed by atoms with E-state index in [-0.39, 0.29) is 0 Å². The van der Waals surface area contributed by atoms with Crippen LogP contribution in [0.5, 0.6) is 5.75 Å². The van der Waals surface area contributed by atoms with Gasteiger partial charge in [-0.3, -0.25) is 9.80 Å². The Balaban J connectivity index is 1.19. The fraction of sp³-hybridized carbons (Fsp3) is 0.318. The summed E-state index contributed by atoms with van der Waals surface area (Å²) in [7, 11) is 0. The molecule has 0 radical (unpaired) electrons. The lowest BCUT2D eigenvalue weighted by molar-refractivity contribution is 0.104. The first-order chi connectivity index (χ1) is 14.7. The summed E-state index contributed by atoms with van der Waals surface area (Å²) in [6.45, 7) is 5.96. The van der Waals surface area contributed by atoms with E-state index in [0.717, 1.165) is 44.0 Å². The Morgan fingerprint density at radius 2 is 1.70 bits per heavy atom. The standard InChI is InChI=1S/C22H22ClN5O2/c23-19-5-3-18(4-6-19)22-25-21(30-26-22)16-28-11-9-27(10-12-28)13-14-29-20-7-1-17(15-24)2-8-20/h1-8H,9-14,16H2. The van der Waals surface area contributed by atoms with E-state index in [9.17, 15) is 0 Å². The molecule has 0 atom stereocenters. The van der Waals surface area contributed by atoms with Gasteiger partial charge in [0, 0.05) is 43.3 Å². The molecular weight excluding hydrogens is 402 g/mol. The fourth-order valence-electron chi connectivity index (χ4n) is 3.32. The number of piperazine rings is 1. The highest BCUT2D eigenvalue weighted by Crippen LogP contribution is 2.19. The van der Waals surface area contributed by atoms with Crippen molar-refractivity contribution in [3.05, 3.63) is 65.0 Å². The Kier molecular flexibility index (Phi) is 6.60. The minimum atomic E-state index is 0.584. The molecule has 1 fully saturated rings. The van der Waals surface area contributed by atoms with Gasteiger partial charge in [0.1, 0.15) is 12.4 Å². The number of hydrogen-bond donors (Lipinski definition) is 0. The molecule has 1 aliphatic heterocycles. The maximum Gasteiger partial charge on any atom is 0.241 e. The van der Waals surface area contributed by atoms with E-state index < -0.39 is 0 Å². The molecule has 4 rings (SSSR count). The van der Waals surface area contributed by atoms with E-state index >= 15 is 0 Å². The molecule has 0 amide bonds. The van der Waals surface area contributed by atoms with Crippen LogP contribution in [0, 0.1) is 11.3 Å². The number of hydrogen-bond acceptors (Lipinski definition) is 7.